The molecule has 4 heteroatoms. The molecule has 5 rings (SSSR count). The molecule has 0 aromatic heterocycles. The second-order valence-corrected chi connectivity index (χ2v) is 11.1. The maximum absolute atomic E-state index is 12.9. The molecule has 0 spiro atoms. The molecular weight excluding hydrogens is 384 g/mol. The SMILES string of the molecule is Cc1ccc(N2CC[NH+](C[C@H]3C(=O)O[C@@H]4C[C@@]5(C)CCC[C@H](C)C5=C[C@@H]43)CC2)c(C)c1. The van der Waals surface area contributed by atoms with E-state index < -0.39 is 0 Å². The highest BCUT2D eigenvalue weighted by molar-refractivity contribution is 5.76. The van der Waals surface area contributed by atoms with Gasteiger partial charge in [-0.25, -0.2) is 0 Å². The monoisotopic (exact) mass is 423 g/mol. The normalized spacial score (nSPS) is 35.9. The Morgan fingerprint density at radius 3 is 2.74 bits per heavy atom. The van der Waals surface area contributed by atoms with Crippen LogP contribution in [0.15, 0.2) is 29.8 Å². The van der Waals surface area contributed by atoms with Crippen LogP contribution in [0.2, 0.25) is 0 Å². The molecule has 2 saturated heterocycles. The number of rotatable bonds is 3. The Bertz CT molecular complexity index is 885. The number of carbonyl (C=O) groups excluding carboxylic acids is 1. The molecule has 5 atom stereocenters. The van der Waals surface area contributed by atoms with Gasteiger partial charge in [0.25, 0.3) is 0 Å². The number of anilines is 1. The minimum absolute atomic E-state index is 0.0406. The Kier molecular flexibility index (Phi) is 5.40. The molecule has 0 unspecified atom stereocenters. The molecule has 2 aliphatic carbocycles. The number of allylic oxidation sites excluding steroid dienone is 1. The van der Waals surface area contributed by atoms with Crippen molar-refractivity contribution in [2.75, 3.05) is 37.6 Å². The summed E-state index contributed by atoms with van der Waals surface area (Å²) in [7, 11) is 0. The van der Waals surface area contributed by atoms with Crippen LogP contribution < -0.4 is 9.80 Å². The zero-order chi connectivity index (χ0) is 21.8. The smallest absolute Gasteiger partial charge is 0.315 e. The maximum Gasteiger partial charge on any atom is 0.315 e. The first-order valence-electron chi connectivity index (χ1n) is 12.4. The van der Waals surface area contributed by atoms with E-state index in [0.29, 0.717) is 11.8 Å². The number of fused-ring (bicyclic) bond motifs is 2. The summed E-state index contributed by atoms with van der Waals surface area (Å²) in [5.41, 5.74) is 5.93. The minimum Gasteiger partial charge on any atom is -0.461 e. The number of piperazine rings is 1. The van der Waals surface area contributed by atoms with Crippen LogP contribution in [-0.2, 0) is 9.53 Å². The lowest BCUT2D eigenvalue weighted by molar-refractivity contribution is -0.903. The zero-order valence-corrected chi connectivity index (χ0v) is 19.7. The number of carbonyl (C=O) groups is 1. The van der Waals surface area contributed by atoms with Gasteiger partial charge in [0.15, 0.2) is 0 Å². The molecule has 1 saturated carbocycles. The second kappa shape index (κ2) is 7.95. The van der Waals surface area contributed by atoms with Crippen molar-refractivity contribution in [1.29, 1.82) is 0 Å². The third kappa shape index (κ3) is 3.82. The molecule has 2 aliphatic heterocycles. The average Bonchev–Trinajstić information content (AvgIpc) is 3.01. The molecule has 2 heterocycles. The quantitative estimate of drug-likeness (QED) is 0.598. The van der Waals surface area contributed by atoms with Gasteiger partial charge in [-0.05, 0) is 56.1 Å². The van der Waals surface area contributed by atoms with Crippen molar-refractivity contribution < 1.29 is 14.4 Å². The van der Waals surface area contributed by atoms with Crippen molar-refractivity contribution in [2.24, 2.45) is 23.2 Å². The van der Waals surface area contributed by atoms with Crippen LogP contribution in [-0.4, -0.2) is 44.8 Å². The Morgan fingerprint density at radius 2 is 2.00 bits per heavy atom. The third-order valence-corrected chi connectivity index (χ3v) is 8.75. The lowest BCUT2D eigenvalue weighted by atomic mass is 9.59. The van der Waals surface area contributed by atoms with Crippen LogP contribution in [0.25, 0.3) is 0 Å². The number of esters is 1. The Morgan fingerprint density at radius 1 is 1.23 bits per heavy atom. The molecule has 4 aliphatic rings. The number of aryl methyl sites for hydroxylation is 2. The van der Waals surface area contributed by atoms with Gasteiger partial charge in [0.1, 0.15) is 12.0 Å². The van der Waals surface area contributed by atoms with Crippen LogP contribution in [0.5, 0.6) is 0 Å². The van der Waals surface area contributed by atoms with Gasteiger partial charge in [0, 0.05) is 11.6 Å². The van der Waals surface area contributed by atoms with Crippen molar-refractivity contribution in [3.63, 3.8) is 0 Å². The number of ether oxygens (including phenoxy) is 1. The fourth-order valence-corrected chi connectivity index (χ4v) is 7.02. The summed E-state index contributed by atoms with van der Waals surface area (Å²) in [5.74, 6) is 1.05. The lowest BCUT2D eigenvalue weighted by Gasteiger charge is -2.46. The Balaban J connectivity index is 1.26. The van der Waals surface area contributed by atoms with Gasteiger partial charge in [-0.3, -0.25) is 4.79 Å². The topological polar surface area (TPSA) is 34.0 Å². The summed E-state index contributed by atoms with van der Waals surface area (Å²) in [6.45, 7) is 14.4. The van der Waals surface area contributed by atoms with Crippen LogP contribution >= 0.6 is 0 Å². The van der Waals surface area contributed by atoms with Crippen molar-refractivity contribution >= 4 is 11.7 Å². The van der Waals surface area contributed by atoms with E-state index in [4.69, 9.17) is 4.74 Å². The predicted molar refractivity (Wildman–Crippen MR) is 124 cm³/mol. The number of nitrogens with zero attached hydrogens (tertiary/aromatic N) is 1. The first-order chi connectivity index (χ1) is 14.8. The maximum atomic E-state index is 12.9. The first kappa shape index (κ1) is 21.1. The van der Waals surface area contributed by atoms with Gasteiger partial charge >= 0.3 is 5.97 Å². The van der Waals surface area contributed by atoms with Crippen LogP contribution in [0.3, 0.4) is 0 Å². The molecule has 31 heavy (non-hydrogen) atoms. The molecule has 3 fully saturated rings. The van der Waals surface area contributed by atoms with Gasteiger partial charge in [-0.15, -0.1) is 0 Å². The summed E-state index contributed by atoms with van der Waals surface area (Å²) in [5, 5.41) is 0. The van der Waals surface area contributed by atoms with E-state index in [1.54, 1.807) is 10.5 Å². The highest BCUT2D eigenvalue weighted by Gasteiger charge is 2.52. The van der Waals surface area contributed by atoms with Crippen molar-refractivity contribution in [1.82, 2.24) is 0 Å². The summed E-state index contributed by atoms with van der Waals surface area (Å²) < 4.78 is 5.98. The molecule has 1 N–H and O–H groups in total. The van der Waals surface area contributed by atoms with Crippen molar-refractivity contribution in [3.8, 4) is 0 Å². The molecular formula is C27H39N2O2+. The van der Waals surface area contributed by atoms with E-state index in [9.17, 15) is 4.79 Å². The summed E-state index contributed by atoms with van der Waals surface area (Å²) >= 11 is 0. The molecule has 0 amide bonds. The van der Waals surface area contributed by atoms with E-state index in [1.807, 2.05) is 0 Å². The summed E-state index contributed by atoms with van der Waals surface area (Å²) in [4.78, 5) is 17.0. The Hall–Kier alpha value is -1.81. The lowest BCUT2D eigenvalue weighted by Crippen LogP contribution is -3.15. The van der Waals surface area contributed by atoms with Crippen molar-refractivity contribution in [3.05, 3.63) is 41.0 Å². The van der Waals surface area contributed by atoms with Gasteiger partial charge in [0.2, 0.25) is 0 Å². The predicted octanol–water partition coefficient (Wildman–Crippen LogP) is 3.32. The van der Waals surface area contributed by atoms with Crippen LogP contribution in [0, 0.1) is 37.0 Å². The highest BCUT2D eigenvalue weighted by Crippen LogP contribution is 2.53. The molecule has 168 valence electrons. The van der Waals surface area contributed by atoms with Crippen LogP contribution in [0.1, 0.15) is 50.7 Å². The first-order valence-corrected chi connectivity index (χ1v) is 12.4. The fraction of sp³-hybridized carbons (Fsp3) is 0.667. The third-order valence-electron chi connectivity index (χ3n) is 8.75. The van der Waals surface area contributed by atoms with E-state index >= 15 is 0 Å². The minimum atomic E-state index is 0.0406. The van der Waals surface area contributed by atoms with Crippen LogP contribution in [0.4, 0.5) is 5.69 Å². The number of benzene rings is 1. The van der Waals surface area contributed by atoms with Gasteiger partial charge < -0.3 is 14.5 Å². The highest BCUT2D eigenvalue weighted by atomic mass is 16.6. The van der Waals surface area contributed by atoms with Gasteiger partial charge in [0.05, 0.1) is 32.7 Å². The van der Waals surface area contributed by atoms with Crippen molar-refractivity contribution in [2.45, 2.75) is 59.5 Å². The number of hydrogen-bond acceptors (Lipinski definition) is 3. The largest absolute Gasteiger partial charge is 0.461 e. The number of nitrogens with one attached hydrogen (secondary N) is 1. The zero-order valence-electron chi connectivity index (χ0n) is 19.7. The fourth-order valence-electron chi connectivity index (χ4n) is 7.02. The molecule has 0 radical (unpaired) electrons. The summed E-state index contributed by atoms with van der Waals surface area (Å²) in [6.07, 6.45) is 7.49. The van der Waals surface area contributed by atoms with E-state index in [2.05, 4.69) is 56.9 Å². The molecule has 1 aromatic carbocycles. The molecule has 0 bridgehead atoms. The van der Waals surface area contributed by atoms with E-state index in [-0.39, 0.29) is 23.4 Å². The Labute approximate surface area is 187 Å². The van der Waals surface area contributed by atoms with E-state index in [1.165, 1.54) is 36.1 Å². The standard InChI is InChI=1S/C27H38N2O2/c1-18-7-8-24(20(3)14-18)29-12-10-28(11-13-29)17-22-21-15-23-19(2)6-5-9-27(23,4)16-25(21)31-26(22)30/h7-8,14-15,19,21-22,25H,5-6,9-13,16-17H2,1-4H3/p+1/t19-,21+,22+,25+,27+/m0/s1. The van der Waals surface area contributed by atoms with E-state index in [0.717, 1.165) is 39.1 Å². The molecule has 1 aromatic rings. The number of hydrogen-bond donors (Lipinski definition) is 1. The average molecular weight is 424 g/mol. The van der Waals surface area contributed by atoms with Gasteiger partial charge in [-0.1, -0.05) is 49.6 Å². The molecule has 4 nitrogen and oxygen atoms in total. The van der Waals surface area contributed by atoms with Gasteiger partial charge in [-0.2, -0.15) is 0 Å². The second-order valence-electron chi connectivity index (χ2n) is 11.1. The summed E-state index contributed by atoms with van der Waals surface area (Å²) in [6, 6.07) is 6.76. The number of quaternary nitrogens is 1.